The minimum absolute atomic E-state index is 0.166. The highest BCUT2D eigenvalue weighted by atomic mass is 19.1. The molecule has 2 rings (SSSR count). The second kappa shape index (κ2) is 6.14. The lowest BCUT2D eigenvalue weighted by Crippen LogP contribution is -2.17. The summed E-state index contributed by atoms with van der Waals surface area (Å²) < 4.78 is 26.2. The Labute approximate surface area is 115 Å². The van der Waals surface area contributed by atoms with Gasteiger partial charge in [0.15, 0.2) is 0 Å². The molecule has 0 atom stereocenters. The molecule has 0 aliphatic heterocycles. The van der Waals surface area contributed by atoms with Crippen molar-refractivity contribution in [2.24, 2.45) is 0 Å². The summed E-state index contributed by atoms with van der Waals surface area (Å²) in [4.78, 5) is 11.4. The number of anilines is 1. The number of hydrogen-bond acceptors (Lipinski definition) is 2. The number of amides is 1. The van der Waals surface area contributed by atoms with Crippen LogP contribution in [0.25, 0.3) is 0 Å². The van der Waals surface area contributed by atoms with Gasteiger partial charge in [0.25, 0.3) is 5.91 Å². The van der Waals surface area contributed by atoms with E-state index in [0.29, 0.717) is 11.1 Å². The largest absolute Gasteiger partial charge is 0.381 e. The number of carbonyl (C=O) groups is 1. The zero-order chi connectivity index (χ0) is 14.5. The summed E-state index contributed by atoms with van der Waals surface area (Å²) in [7, 11) is 1.56. The highest BCUT2D eigenvalue weighted by Gasteiger charge is 2.05. The third-order valence-electron chi connectivity index (χ3n) is 2.87. The van der Waals surface area contributed by atoms with Gasteiger partial charge in [-0.3, -0.25) is 4.79 Å². The van der Waals surface area contributed by atoms with Gasteiger partial charge in [-0.15, -0.1) is 0 Å². The van der Waals surface area contributed by atoms with Crippen LogP contribution in [0.3, 0.4) is 0 Å². The van der Waals surface area contributed by atoms with Crippen LogP contribution in [0.4, 0.5) is 14.5 Å². The van der Waals surface area contributed by atoms with Crippen LogP contribution in [0.15, 0.2) is 42.5 Å². The van der Waals surface area contributed by atoms with Crippen molar-refractivity contribution in [2.75, 3.05) is 12.4 Å². The molecule has 0 saturated heterocycles. The van der Waals surface area contributed by atoms with Crippen molar-refractivity contribution < 1.29 is 13.6 Å². The molecular weight excluding hydrogens is 262 g/mol. The van der Waals surface area contributed by atoms with Crippen LogP contribution in [0.2, 0.25) is 0 Å². The molecule has 0 spiro atoms. The van der Waals surface area contributed by atoms with Gasteiger partial charge in [0, 0.05) is 36.5 Å². The first-order chi connectivity index (χ1) is 9.60. The van der Waals surface area contributed by atoms with Crippen molar-refractivity contribution in [3.63, 3.8) is 0 Å². The van der Waals surface area contributed by atoms with Crippen LogP contribution < -0.4 is 10.6 Å². The van der Waals surface area contributed by atoms with Gasteiger partial charge < -0.3 is 10.6 Å². The van der Waals surface area contributed by atoms with E-state index in [-0.39, 0.29) is 12.5 Å². The van der Waals surface area contributed by atoms with Gasteiger partial charge in [0.2, 0.25) is 0 Å². The Balaban J connectivity index is 2.02. The number of rotatable bonds is 4. The van der Waals surface area contributed by atoms with Gasteiger partial charge >= 0.3 is 0 Å². The Kier molecular flexibility index (Phi) is 4.30. The summed E-state index contributed by atoms with van der Waals surface area (Å²) >= 11 is 0. The first-order valence-corrected chi connectivity index (χ1v) is 6.10. The summed E-state index contributed by atoms with van der Waals surface area (Å²) in [6.45, 7) is 0.242. The number of nitrogens with one attached hydrogen (secondary N) is 2. The smallest absolute Gasteiger partial charge is 0.251 e. The van der Waals surface area contributed by atoms with Gasteiger partial charge in [0.05, 0.1) is 0 Å². The lowest BCUT2D eigenvalue weighted by atomic mass is 10.1. The van der Waals surface area contributed by atoms with Crippen molar-refractivity contribution in [3.05, 3.63) is 65.2 Å². The maximum Gasteiger partial charge on any atom is 0.251 e. The maximum atomic E-state index is 13.4. The fourth-order valence-corrected chi connectivity index (χ4v) is 1.75. The summed E-state index contributed by atoms with van der Waals surface area (Å²) in [5.74, 6) is -1.35. The van der Waals surface area contributed by atoms with E-state index < -0.39 is 11.6 Å². The third kappa shape index (κ3) is 3.32. The molecule has 0 unspecified atom stereocenters. The SMILES string of the molecule is CNC(=O)c1ccc(NCc2ccc(F)cc2F)cc1. The molecule has 104 valence electrons. The molecule has 5 heteroatoms. The number of hydrogen-bond donors (Lipinski definition) is 2. The highest BCUT2D eigenvalue weighted by Crippen LogP contribution is 2.14. The Morgan fingerprint density at radius 1 is 1.10 bits per heavy atom. The summed E-state index contributed by atoms with van der Waals surface area (Å²) in [5, 5.41) is 5.54. The normalized spacial score (nSPS) is 10.2. The minimum atomic E-state index is -0.596. The molecule has 20 heavy (non-hydrogen) atoms. The summed E-state index contributed by atoms with van der Waals surface area (Å²) in [6.07, 6.45) is 0. The van der Waals surface area contributed by atoms with E-state index in [2.05, 4.69) is 10.6 Å². The summed E-state index contributed by atoms with van der Waals surface area (Å²) in [6, 6.07) is 10.3. The molecule has 0 fully saturated rings. The monoisotopic (exact) mass is 276 g/mol. The second-order valence-electron chi connectivity index (χ2n) is 4.25. The molecule has 0 saturated carbocycles. The van der Waals surface area contributed by atoms with Gasteiger partial charge in [-0.25, -0.2) is 8.78 Å². The Bertz CT molecular complexity index is 612. The molecular formula is C15H14F2N2O. The zero-order valence-electron chi connectivity index (χ0n) is 10.9. The second-order valence-corrected chi connectivity index (χ2v) is 4.25. The summed E-state index contributed by atoms with van der Waals surface area (Å²) in [5.41, 5.74) is 1.68. The third-order valence-corrected chi connectivity index (χ3v) is 2.87. The van der Waals surface area contributed by atoms with E-state index in [9.17, 15) is 13.6 Å². The first-order valence-electron chi connectivity index (χ1n) is 6.10. The van der Waals surface area contributed by atoms with E-state index in [0.717, 1.165) is 11.8 Å². The van der Waals surface area contributed by atoms with E-state index in [1.54, 1.807) is 31.3 Å². The van der Waals surface area contributed by atoms with E-state index in [1.807, 2.05) is 0 Å². The van der Waals surface area contributed by atoms with Crippen molar-refractivity contribution in [1.82, 2.24) is 5.32 Å². The zero-order valence-corrected chi connectivity index (χ0v) is 10.9. The van der Waals surface area contributed by atoms with Gasteiger partial charge in [-0.05, 0) is 30.3 Å². The molecule has 3 nitrogen and oxygen atoms in total. The first kappa shape index (κ1) is 14.0. The quantitative estimate of drug-likeness (QED) is 0.901. The molecule has 2 aromatic rings. The minimum Gasteiger partial charge on any atom is -0.381 e. The topological polar surface area (TPSA) is 41.1 Å². The molecule has 0 bridgehead atoms. The van der Waals surface area contributed by atoms with Crippen molar-refractivity contribution >= 4 is 11.6 Å². The number of benzene rings is 2. The standard InChI is InChI=1S/C15H14F2N2O/c1-18-15(20)10-3-6-13(7-4-10)19-9-11-2-5-12(16)8-14(11)17/h2-8,19H,9H2,1H3,(H,18,20). The van der Waals surface area contributed by atoms with E-state index in [1.165, 1.54) is 12.1 Å². The van der Waals surface area contributed by atoms with Gasteiger partial charge in [0.1, 0.15) is 11.6 Å². The predicted octanol–water partition coefficient (Wildman–Crippen LogP) is 2.94. The average molecular weight is 276 g/mol. The van der Waals surface area contributed by atoms with Gasteiger partial charge in [-0.2, -0.15) is 0 Å². The Morgan fingerprint density at radius 2 is 1.80 bits per heavy atom. The van der Waals surface area contributed by atoms with Crippen molar-refractivity contribution in [3.8, 4) is 0 Å². The number of halogens is 2. The maximum absolute atomic E-state index is 13.4. The van der Waals surface area contributed by atoms with Crippen LogP contribution in [-0.4, -0.2) is 13.0 Å². The van der Waals surface area contributed by atoms with Crippen LogP contribution in [0.5, 0.6) is 0 Å². The number of carbonyl (C=O) groups excluding carboxylic acids is 1. The average Bonchev–Trinajstić information content (AvgIpc) is 2.46. The predicted molar refractivity (Wildman–Crippen MR) is 73.5 cm³/mol. The van der Waals surface area contributed by atoms with Crippen LogP contribution in [0, 0.1) is 11.6 Å². The lowest BCUT2D eigenvalue weighted by molar-refractivity contribution is 0.0963. The van der Waals surface area contributed by atoms with Gasteiger partial charge in [-0.1, -0.05) is 6.07 Å². The Morgan fingerprint density at radius 3 is 2.40 bits per heavy atom. The lowest BCUT2D eigenvalue weighted by Gasteiger charge is -2.08. The molecule has 0 aliphatic rings. The van der Waals surface area contributed by atoms with Crippen molar-refractivity contribution in [2.45, 2.75) is 6.54 Å². The van der Waals surface area contributed by atoms with Crippen LogP contribution in [-0.2, 0) is 6.54 Å². The van der Waals surface area contributed by atoms with E-state index >= 15 is 0 Å². The molecule has 1 amide bonds. The molecule has 2 N–H and O–H groups in total. The molecule has 0 aromatic heterocycles. The Hall–Kier alpha value is -2.43. The molecule has 2 aromatic carbocycles. The fraction of sp³-hybridized carbons (Fsp3) is 0.133. The molecule has 0 heterocycles. The van der Waals surface area contributed by atoms with Crippen LogP contribution in [0.1, 0.15) is 15.9 Å². The highest BCUT2D eigenvalue weighted by molar-refractivity contribution is 5.94. The van der Waals surface area contributed by atoms with Crippen LogP contribution >= 0.6 is 0 Å². The fourth-order valence-electron chi connectivity index (χ4n) is 1.75. The molecule has 0 aliphatic carbocycles. The van der Waals surface area contributed by atoms with Crippen molar-refractivity contribution in [1.29, 1.82) is 0 Å². The molecule has 0 radical (unpaired) electrons. The van der Waals surface area contributed by atoms with E-state index in [4.69, 9.17) is 0 Å².